The summed E-state index contributed by atoms with van der Waals surface area (Å²) in [6.45, 7) is 7.18. The number of hydrogen-bond acceptors (Lipinski definition) is 5. The van der Waals surface area contributed by atoms with Crippen LogP contribution in [0.15, 0.2) is 41.5 Å². The lowest BCUT2D eigenvalue weighted by Crippen LogP contribution is -2.58. The van der Waals surface area contributed by atoms with Crippen molar-refractivity contribution in [3.63, 3.8) is 0 Å². The van der Waals surface area contributed by atoms with Crippen molar-refractivity contribution in [2.24, 2.45) is 10.7 Å². The number of nitrogens with two attached hydrogens (primary N) is 1. The molecule has 2 aromatic rings. The summed E-state index contributed by atoms with van der Waals surface area (Å²) in [6, 6.07) is 6.51. The quantitative estimate of drug-likeness (QED) is 0.696. The average Bonchev–Trinajstić information content (AvgIpc) is 2.98. The molecule has 6 nitrogen and oxygen atoms in total. The molecule has 166 valence electrons. The van der Waals surface area contributed by atoms with Gasteiger partial charge >= 0.3 is 0 Å². The molecule has 0 amide bonds. The first-order valence-electron chi connectivity index (χ1n) is 9.75. The second-order valence-corrected chi connectivity index (χ2v) is 10.5. The van der Waals surface area contributed by atoms with E-state index in [1.807, 2.05) is 0 Å². The van der Waals surface area contributed by atoms with Crippen LogP contribution < -0.4 is 5.73 Å². The minimum atomic E-state index is -4.07. The molecule has 1 saturated heterocycles. The number of pyridine rings is 1. The van der Waals surface area contributed by atoms with Gasteiger partial charge in [-0.1, -0.05) is 12.1 Å². The highest BCUT2D eigenvalue weighted by Gasteiger charge is 2.65. The van der Waals surface area contributed by atoms with Crippen LogP contribution in [0.3, 0.4) is 0 Å². The molecule has 2 aliphatic rings. The van der Waals surface area contributed by atoms with Crippen LogP contribution in [0.25, 0.3) is 16.7 Å². The fraction of sp³-hybridized carbons (Fsp3) is 0.318. The molecule has 4 rings (SSSR count). The second-order valence-electron chi connectivity index (χ2n) is 8.09. The third-order valence-corrected chi connectivity index (χ3v) is 9.40. The van der Waals surface area contributed by atoms with Crippen LogP contribution >= 0.6 is 0 Å². The summed E-state index contributed by atoms with van der Waals surface area (Å²) >= 11 is 0. The third kappa shape index (κ3) is 3.03. The number of hydrogen-bond donors (Lipinski definition) is 1. The lowest BCUT2D eigenvalue weighted by molar-refractivity contribution is 0.415. The molecular formula is C22H19F3N4O2S. The lowest BCUT2D eigenvalue weighted by Gasteiger charge is -2.39. The van der Waals surface area contributed by atoms with Gasteiger partial charge in [-0.3, -0.25) is 9.98 Å². The smallest absolute Gasteiger partial charge is 0.205 e. The standard InChI is InChI=1S/C22H19F3N4O2S/c1-21(19-7-8-22(12-23,20(26)29-21)32(19,30)31)15-9-13(3-5-16(15)24)10-17(25)18-6-4-14(27-2)11-28-18/h3-6,9-11,19H,7-8,12H2,1H3,(H2,26,29)/b17-10-/t19-,21+,22?/m0/s1. The summed E-state index contributed by atoms with van der Waals surface area (Å²) < 4.78 is 67.7. The monoisotopic (exact) mass is 460 g/mol. The summed E-state index contributed by atoms with van der Waals surface area (Å²) in [6.07, 6.45) is 2.41. The molecule has 3 heterocycles. The first-order valence-corrected chi connectivity index (χ1v) is 11.3. The van der Waals surface area contributed by atoms with Crippen molar-refractivity contribution >= 4 is 33.3 Å². The molecule has 3 atom stereocenters. The molecule has 32 heavy (non-hydrogen) atoms. The van der Waals surface area contributed by atoms with Crippen molar-refractivity contribution in [3.05, 3.63) is 70.6 Å². The third-order valence-electron chi connectivity index (χ3n) is 6.34. The topological polar surface area (TPSA) is 89.8 Å². The minimum absolute atomic E-state index is 0.0134. The number of aromatic nitrogens is 1. The van der Waals surface area contributed by atoms with Crippen LogP contribution in [0.1, 0.15) is 36.6 Å². The van der Waals surface area contributed by atoms with Gasteiger partial charge in [-0.15, -0.1) is 0 Å². The zero-order valence-electron chi connectivity index (χ0n) is 17.0. The van der Waals surface area contributed by atoms with Gasteiger partial charge < -0.3 is 5.73 Å². The molecule has 2 aliphatic heterocycles. The van der Waals surface area contributed by atoms with E-state index in [-0.39, 0.29) is 41.2 Å². The SMILES string of the molecule is [C-]#[N+]c1ccc(/C(F)=C/c2ccc(F)c([C@@]3(C)N=C(N)C4(CF)CC[C@@H]3S4(=O)=O)c2)nc1. The predicted molar refractivity (Wildman–Crippen MR) is 116 cm³/mol. The molecule has 0 radical (unpaired) electrons. The predicted octanol–water partition coefficient (Wildman–Crippen LogP) is 4.11. The van der Waals surface area contributed by atoms with E-state index in [0.717, 1.165) is 12.1 Å². The van der Waals surface area contributed by atoms with Gasteiger partial charge in [0, 0.05) is 11.8 Å². The van der Waals surface area contributed by atoms with E-state index in [1.54, 1.807) is 0 Å². The molecule has 2 bridgehead atoms. The maximum atomic E-state index is 14.9. The molecule has 1 fully saturated rings. The van der Waals surface area contributed by atoms with E-state index in [0.29, 0.717) is 0 Å². The van der Waals surface area contributed by atoms with E-state index in [2.05, 4.69) is 14.8 Å². The summed E-state index contributed by atoms with van der Waals surface area (Å²) in [5, 5.41) is -1.15. The Balaban J connectivity index is 1.80. The highest BCUT2D eigenvalue weighted by atomic mass is 32.2. The summed E-state index contributed by atoms with van der Waals surface area (Å²) in [7, 11) is -4.07. The highest BCUT2D eigenvalue weighted by Crippen LogP contribution is 2.51. The number of rotatable bonds is 4. The van der Waals surface area contributed by atoms with E-state index in [4.69, 9.17) is 12.3 Å². The first kappa shape index (κ1) is 22.0. The number of halogens is 3. The maximum Gasteiger partial charge on any atom is 0.205 e. The number of amidine groups is 1. The van der Waals surface area contributed by atoms with Gasteiger partial charge in [0.1, 0.15) is 29.7 Å². The Bertz CT molecular complexity index is 1300. The van der Waals surface area contributed by atoms with E-state index in [9.17, 15) is 21.6 Å². The Hall–Kier alpha value is -3.19. The number of aliphatic imine (C=N–C) groups is 1. The van der Waals surface area contributed by atoms with Crippen molar-refractivity contribution in [1.82, 2.24) is 4.98 Å². The van der Waals surface area contributed by atoms with E-state index < -0.39 is 43.7 Å². The first-order chi connectivity index (χ1) is 15.1. The van der Waals surface area contributed by atoms with Gasteiger partial charge in [-0.25, -0.2) is 26.4 Å². The molecule has 0 saturated carbocycles. The number of alkyl halides is 1. The normalized spacial score (nSPS) is 28.8. The average molecular weight is 460 g/mol. The van der Waals surface area contributed by atoms with Crippen molar-refractivity contribution in [2.75, 3.05) is 6.67 Å². The van der Waals surface area contributed by atoms with Crippen LogP contribution in [-0.4, -0.2) is 35.9 Å². The van der Waals surface area contributed by atoms with Crippen LogP contribution in [0.4, 0.5) is 18.9 Å². The lowest BCUT2D eigenvalue weighted by atomic mass is 9.86. The molecular weight excluding hydrogens is 441 g/mol. The van der Waals surface area contributed by atoms with Crippen LogP contribution in [0, 0.1) is 12.4 Å². The minimum Gasteiger partial charge on any atom is -0.386 e. The number of benzene rings is 1. The van der Waals surface area contributed by atoms with Crippen molar-refractivity contribution in [1.29, 1.82) is 0 Å². The van der Waals surface area contributed by atoms with Crippen LogP contribution in [0.5, 0.6) is 0 Å². The fourth-order valence-corrected chi connectivity index (χ4v) is 7.14. The molecule has 2 N–H and O–H groups in total. The fourth-order valence-electron chi connectivity index (χ4n) is 4.49. The second kappa shape index (κ2) is 7.45. The highest BCUT2D eigenvalue weighted by molar-refractivity contribution is 7.94. The van der Waals surface area contributed by atoms with E-state index in [1.165, 1.54) is 37.4 Å². The number of sulfone groups is 1. The Morgan fingerprint density at radius 1 is 1.38 bits per heavy atom. The molecule has 1 unspecified atom stereocenters. The van der Waals surface area contributed by atoms with E-state index >= 15 is 0 Å². The van der Waals surface area contributed by atoms with Gasteiger partial charge in [0.15, 0.2) is 14.6 Å². The summed E-state index contributed by atoms with van der Waals surface area (Å²) in [5.74, 6) is -1.82. The van der Waals surface area contributed by atoms with Gasteiger partial charge in [-0.05, 0) is 49.6 Å². The van der Waals surface area contributed by atoms with Gasteiger partial charge in [0.2, 0.25) is 5.69 Å². The molecule has 0 aliphatic carbocycles. The Morgan fingerprint density at radius 3 is 2.75 bits per heavy atom. The van der Waals surface area contributed by atoms with Crippen LogP contribution in [-0.2, 0) is 15.4 Å². The Kier molecular flexibility index (Phi) is 5.12. The zero-order chi connectivity index (χ0) is 23.3. The van der Waals surface area contributed by atoms with Crippen molar-refractivity contribution in [3.8, 4) is 0 Å². The number of fused-ring (bicyclic) bond motifs is 2. The van der Waals surface area contributed by atoms with Gasteiger partial charge in [-0.2, -0.15) is 0 Å². The Morgan fingerprint density at radius 2 is 2.12 bits per heavy atom. The maximum absolute atomic E-state index is 14.9. The largest absolute Gasteiger partial charge is 0.386 e. The molecule has 1 aromatic carbocycles. The summed E-state index contributed by atoms with van der Waals surface area (Å²) in [5.41, 5.74) is 4.77. The molecule has 0 spiro atoms. The molecule has 1 aromatic heterocycles. The summed E-state index contributed by atoms with van der Waals surface area (Å²) in [4.78, 5) is 11.4. The zero-order valence-corrected chi connectivity index (χ0v) is 17.8. The van der Waals surface area contributed by atoms with Gasteiger partial charge in [0.05, 0.1) is 17.5 Å². The van der Waals surface area contributed by atoms with Crippen molar-refractivity contribution in [2.45, 2.75) is 35.3 Å². The van der Waals surface area contributed by atoms with Gasteiger partial charge in [0.25, 0.3) is 0 Å². The Labute approximate surface area is 183 Å². The van der Waals surface area contributed by atoms with Crippen LogP contribution in [0.2, 0.25) is 0 Å². The number of nitrogens with zero attached hydrogens (tertiary/aromatic N) is 3. The molecule has 10 heteroatoms. The van der Waals surface area contributed by atoms with Crippen molar-refractivity contribution < 1.29 is 21.6 Å².